The molecular formula is C14H18FN3. The van der Waals surface area contributed by atoms with E-state index < -0.39 is 0 Å². The molecule has 0 amide bonds. The van der Waals surface area contributed by atoms with Gasteiger partial charge in [0.25, 0.3) is 0 Å². The lowest BCUT2D eigenvalue weighted by molar-refractivity contribution is 0.618. The number of hydrogen-bond donors (Lipinski definition) is 1. The minimum absolute atomic E-state index is 0.185. The summed E-state index contributed by atoms with van der Waals surface area (Å²) in [6, 6.07) is 4.88. The molecule has 0 bridgehead atoms. The van der Waals surface area contributed by atoms with Gasteiger partial charge in [-0.25, -0.2) is 4.39 Å². The largest absolute Gasteiger partial charge is 0.308 e. The molecule has 0 radical (unpaired) electrons. The van der Waals surface area contributed by atoms with Crippen molar-refractivity contribution in [3.63, 3.8) is 0 Å². The Morgan fingerprint density at radius 3 is 2.61 bits per heavy atom. The molecule has 0 aliphatic carbocycles. The third-order valence-corrected chi connectivity index (χ3v) is 3.06. The van der Waals surface area contributed by atoms with E-state index in [1.807, 2.05) is 33.2 Å². The lowest BCUT2D eigenvalue weighted by Crippen LogP contribution is -2.14. The fourth-order valence-electron chi connectivity index (χ4n) is 1.98. The van der Waals surface area contributed by atoms with Gasteiger partial charge in [-0.3, -0.25) is 4.68 Å². The third-order valence-electron chi connectivity index (χ3n) is 3.06. The molecule has 0 saturated heterocycles. The minimum Gasteiger partial charge on any atom is -0.308 e. The van der Waals surface area contributed by atoms with Crippen LogP contribution < -0.4 is 5.32 Å². The zero-order valence-electron chi connectivity index (χ0n) is 11.0. The van der Waals surface area contributed by atoms with Crippen LogP contribution in [0, 0.1) is 19.7 Å². The highest BCUT2D eigenvalue weighted by molar-refractivity contribution is 5.26. The van der Waals surface area contributed by atoms with Gasteiger partial charge < -0.3 is 5.32 Å². The van der Waals surface area contributed by atoms with Crippen molar-refractivity contribution in [1.29, 1.82) is 0 Å². The average Bonchev–Trinajstić information content (AvgIpc) is 2.62. The fraction of sp³-hybridized carbons (Fsp3) is 0.357. The first-order chi connectivity index (χ1) is 8.56. The molecule has 0 aliphatic rings. The first-order valence-electron chi connectivity index (χ1n) is 6.01. The summed E-state index contributed by atoms with van der Waals surface area (Å²) in [6.45, 7) is 5.39. The molecule has 1 heterocycles. The van der Waals surface area contributed by atoms with Crippen molar-refractivity contribution in [2.24, 2.45) is 7.05 Å². The summed E-state index contributed by atoms with van der Waals surface area (Å²) in [5.41, 5.74) is 4.30. The molecule has 96 valence electrons. The number of aromatic nitrogens is 2. The maximum Gasteiger partial charge on any atom is 0.123 e. The zero-order valence-corrected chi connectivity index (χ0v) is 11.0. The van der Waals surface area contributed by atoms with Crippen LogP contribution in [0.1, 0.15) is 22.4 Å². The van der Waals surface area contributed by atoms with E-state index >= 15 is 0 Å². The van der Waals surface area contributed by atoms with Gasteiger partial charge in [-0.1, -0.05) is 6.07 Å². The van der Waals surface area contributed by atoms with Crippen molar-refractivity contribution in [3.8, 4) is 0 Å². The second kappa shape index (κ2) is 5.31. The Balaban J connectivity index is 1.96. The van der Waals surface area contributed by atoms with E-state index in [1.165, 1.54) is 11.6 Å². The van der Waals surface area contributed by atoms with Crippen LogP contribution in [0.5, 0.6) is 0 Å². The van der Waals surface area contributed by atoms with E-state index in [0.717, 1.165) is 23.4 Å². The van der Waals surface area contributed by atoms with Gasteiger partial charge in [-0.15, -0.1) is 0 Å². The van der Waals surface area contributed by atoms with Crippen LogP contribution in [0.2, 0.25) is 0 Å². The summed E-state index contributed by atoms with van der Waals surface area (Å²) in [4.78, 5) is 0. The Morgan fingerprint density at radius 2 is 1.94 bits per heavy atom. The maximum absolute atomic E-state index is 13.1. The van der Waals surface area contributed by atoms with Crippen molar-refractivity contribution >= 4 is 0 Å². The highest BCUT2D eigenvalue weighted by atomic mass is 19.1. The van der Waals surface area contributed by atoms with Gasteiger partial charge in [-0.05, 0) is 37.1 Å². The zero-order chi connectivity index (χ0) is 13.1. The number of nitrogens with zero attached hydrogens (tertiary/aromatic N) is 2. The van der Waals surface area contributed by atoms with Crippen molar-refractivity contribution in [2.45, 2.75) is 26.9 Å². The molecule has 0 saturated carbocycles. The molecule has 2 aromatic rings. The molecule has 18 heavy (non-hydrogen) atoms. The molecule has 0 aliphatic heterocycles. The maximum atomic E-state index is 13.1. The summed E-state index contributed by atoms with van der Waals surface area (Å²) >= 11 is 0. The van der Waals surface area contributed by atoms with Crippen molar-refractivity contribution in [1.82, 2.24) is 15.1 Å². The number of aryl methyl sites for hydroxylation is 3. The van der Waals surface area contributed by atoms with E-state index in [1.54, 1.807) is 10.7 Å². The molecule has 1 aromatic heterocycles. The van der Waals surface area contributed by atoms with Gasteiger partial charge >= 0.3 is 0 Å². The number of benzene rings is 1. The van der Waals surface area contributed by atoms with E-state index in [0.29, 0.717) is 6.54 Å². The molecule has 0 spiro atoms. The van der Waals surface area contributed by atoms with Crippen LogP contribution in [0.25, 0.3) is 0 Å². The van der Waals surface area contributed by atoms with Crippen LogP contribution in [0.3, 0.4) is 0 Å². The average molecular weight is 247 g/mol. The molecule has 1 aromatic carbocycles. The lowest BCUT2D eigenvalue weighted by atomic mass is 10.1. The van der Waals surface area contributed by atoms with E-state index in [2.05, 4.69) is 10.4 Å². The van der Waals surface area contributed by atoms with Crippen molar-refractivity contribution < 1.29 is 4.39 Å². The van der Waals surface area contributed by atoms with Crippen LogP contribution in [0.4, 0.5) is 4.39 Å². The Bertz CT molecular complexity index is 546. The summed E-state index contributed by atoms with van der Waals surface area (Å²) in [5.74, 6) is -0.185. The first kappa shape index (κ1) is 12.8. The van der Waals surface area contributed by atoms with Crippen LogP contribution in [-0.2, 0) is 20.1 Å². The number of hydrogen-bond acceptors (Lipinski definition) is 2. The summed E-state index contributed by atoms with van der Waals surface area (Å²) in [6.07, 6.45) is 2.00. The molecule has 1 N–H and O–H groups in total. The Morgan fingerprint density at radius 1 is 1.22 bits per heavy atom. The molecule has 0 unspecified atom stereocenters. The monoisotopic (exact) mass is 247 g/mol. The smallest absolute Gasteiger partial charge is 0.123 e. The highest BCUT2D eigenvalue weighted by Crippen LogP contribution is 2.10. The number of nitrogens with one attached hydrogen (secondary N) is 1. The third kappa shape index (κ3) is 2.96. The van der Waals surface area contributed by atoms with Gasteiger partial charge in [0, 0.05) is 31.9 Å². The molecule has 3 nitrogen and oxygen atoms in total. The molecule has 0 fully saturated rings. The fourth-order valence-corrected chi connectivity index (χ4v) is 1.98. The lowest BCUT2D eigenvalue weighted by Gasteiger charge is -2.07. The standard InChI is InChI=1S/C14H18FN3/c1-10-4-5-14(15)6-12(10)7-16-8-13-9-18(3)17-11(13)2/h4-6,9,16H,7-8H2,1-3H3. The normalized spacial score (nSPS) is 10.9. The summed E-state index contributed by atoms with van der Waals surface area (Å²) < 4.78 is 14.9. The molecule has 0 atom stereocenters. The number of rotatable bonds is 4. The van der Waals surface area contributed by atoms with Gasteiger partial charge in [0.15, 0.2) is 0 Å². The summed E-state index contributed by atoms with van der Waals surface area (Å²) in [7, 11) is 1.91. The number of halogens is 1. The highest BCUT2D eigenvalue weighted by Gasteiger charge is 2.04. The van der Waals surface area contributed by atoms with Crippen LogP contribution >= 0.6 is 0 Å². The van der Waals surface area contributed by atoms with Crippen LogP contribution in [-0.4, -0.2) is 9.78 Å². The van der Waals surface area contributed by atoms with Gasteiger partial charge in [0.05, 0.1) is 5.69 Å². The Labute approximate surface area is 107 Å². The Hall–Kier alpha value is -1.68. The van der Waals surface area contributed by atoms with Gasteiger partial charge in [-0.2, -0.15) is 5.10 Å². The second-order valence-electron chi connectivity index (χ2n) is 4.59. The quantitative estimate of drug-likeness (QED) is 0.899. The second-order valence-corrected chi connectivity index (χ2v) is 4.59. The van der Waals surface area contributed by atoms with Gasteiger partial charge in [0.1, 0.15) is 5.82 Å². The van der Waals surface area contributed by atoms with Crippen molar-refractivity contribution in [3.05, 3.63) is 52.6 Å². The van der Waals surface area contributed by atoms with Crippen LogP contribution in [0.15, 0.2) is 24.4 Å². The predicted molar refractivity (Wildman–Crippen MR) is 69.6 cm³/mol. The minimum atomic E-state index is -0.185. The topological polar surface area (TPSA) is 29.9 Å². The first-order valence-corrected chi connectivity index (χ1v) is 6.01. The van der Waals surface area contributed by atoms with E-state index in [4.69, 9.17) is 0 Å². The van der Waals surface area contributed by atoms with E-state index in [-0.39, 0.29) is 5.82 Å². The molecule has 4 heteroatoms. The Kier molecular flexibility index (Phi) is 3.77. The SMILES string of the molecule is Cc1ccc(F)cc1CNCc1cn(C)nc1C. The van der Waals surface area contributed by atoms with Gasteiger partial charge in [0.2, 0.25) is 0 Å². The molecule has 2 rings (SSSR count). The van der Waals surface area contributed by atoms with Crippen molar-refractivity contribution in [2.75, 3.05) is 0 Å². The molecular weight excluding hydrogens is 229 g/mol. The summed E-state index contributed by atoms with van der Waals surface area (Å²) in [5, 5.41) is 7.61. The van der Waals surface area contributed by atoms with E-state index in [9.17, 15) is 4.39 Å². The predicted octanol–water partition coefficient (Wildman–Crippen LogP) is 2.47.